The van der Waals surface area contributed by atoms with Gasteiger partial charge < -0.3 is 4.74 Å². The Labute approximate surface area is 56.2 Å². The Morgan fingerprint density at radius 3 is 2.67 bits per heavy atom. The van der Waals surface area contributed by atoms with Crippen molar-refractivity contribution >= 4 is 5.97 Å². The van der Waals surface area contributed by atoms with Crippen LogP contribution in [0.1, 0.15) is 20.8 Å². The minimum Gasteiger partial charge on any atom is -0.466 e. The van der Waals surface area contributed by atoms with Gasteiger partial charge in [-0.15, -0.1) is 0 Å². The van der Waals surface area contributed by atoms with Crippen molar-refractivity contribution in [2.45, 2.75) is 20.8 Å². The van der Waals surface area contributed by atoms with Crippen LogP contribution in [-0.4, -0.2) is 12.6 Å². The van der Waals surface area contributed by atoms with E-state index in [-0.39, 0.29) is 11.9 Å². The van der Waals surface area contributed by atoms with Crippen molar-refractivity contribution in [2.75, 3.05) is 6.61 Å². The quantitative estimate of drug-likeness (QED) is 0.538. The molecule has 0 aromatic carbocycles. The Hall–Kier alpha value is -0.530. The maximum Gasteiger partial charge on any atom is 0.308 e. The number of hydrogen-bond acceptors (Lipinski definition) is 2. The van der Waals surface area contributed by atoms with E-state index in [0.29, 0.717) is 6.61 Å². The van der Waals surface area contributed by atoms with E-state index < -0.39 is 0 Å². The van der Waals surface area contributed by atoms with Crippen molar-refractivity contribution in [3.8, 4) is 0 Å². The predicted molar refractivity (Wildman–Crippen MR) is 35.8 cm³/mol. The van der Waals surface area contributed by atoms with Gasteiger partial charge in [-0.1, -0.05) is 13.8 Å². The first-order valence-corrected chi connectivity index (χ1v) is 3.18. The molecule has 0 N–H and O–H groups in total. The van der Waals surface area contributed by atoms with Crippen molar-refractivity contribution < 1.29 is 9.53 Å². The van der Waals surface area contributed by atoms with Gasteiger partial charge in [-0.3, -0.25) is 4.79 Å². The summed E-state index contributed by atoms with van der Waals surface area (Å²) in [4.78, 5) is 10.7. The molecule has 9 heavy (non-hydrogen) atoms. The summed E-state index contributed by atoms with van der Waals surface area (Å²) in [5.41, 5.74) is 0. The molecule has 0 aromatic heterocycles. The van der Waals surface area contributed by atoms with Gasteiger partial charge in [-0.25, -0.2) is 0 Å². The van der Waals surface area contributed by atoms with Crippen LogP contribution in [-0.2, 0) is 9.53 Å². The van der Waals surface area contributed by atoms with Gasteiger partial charge in [0, 0.05) is 0 Å². The van der Waals surface area contributed by atoms with Crippen LogP contribution in [0, 0.1) is 12.3 Å². The summed E-state index contributed by atoms with van der Waals surface area (Å²) in [6.45, 7) is 5.94. The minimum atomic E-state index is -0.139. The van der Waals surface area contributed by atoms with Gasteiger partial charge in [-0.2, -0.15) is 0 Å². The monoisotopic (exact) mass is 129 g/mol. The zero-order valence-corrected chi connectivity index (χ0v) is 6.18. The smallest absolute Gasteiger partial charge is 0.308 e. The van der Waals surface area contributed by atoms with Crippen LogP contribution < -0.4 is 0 Å². The van der Waals surface area contributed by atoms with Crippen LogP contribution in [0.4, 0.5) is 0 Å². The highest BCUT2D eigenvalue weighted by molar-refractivity contribution is 5.73. The maximum atomic E-state index is 10.7. The van der Waals surface area contributed by atoms with E-state index >= 15 is 0 Å². The fourth-order valence-electron chi connectivity index (χ4n) is 0.410. The Balaban J connectivity index is 3.46. The number of esters is 1. The lowest BCUT2D eigenvalue weighted by Crippen LogP contribution is -2.13. The summed E-state index contributed by atoms with van der Waals surface area (Å²) in [7, 11) is 0. The first kappa shape index (κ1) is 8.47. The molecule has 0 aliphatic heterocycles. The fourth-order valence-corrected chi connectivity index (χ4v) is 0.410. The van der Waals surface area contributed by atoms with Gasteiger partial charge in [-0.05, 0) is 13.3 Å². The SMILES string of the molecule is C[CH][C@H](C)C(=O)OCC. The number of hydrogen-bond donors (Lipinski definition) is 0. The third-order valence-corrected chi connectivity index (χ3v) is 1.16. The van der Waals surface area contributed by atoms with Crippen LogP contribution in [0.3, 0.4) is 0 Å². The van der Waals surface area contributed by atoms with Crippen LogP contribution in [0.5, 0.6) is 0 Å². The second-order valence-electron chi connectivity index (χ2n) is 1.87. The molecule has 0 aromatic rings. The van der Waals surface area contributed by atoms with E-state index in [4.69, 9.17) is 4.74 Å². The molecule has 0 bridgehead atoms. The molecule has 53 valence electrons. The summed E-state index contributed by atoms with van der Waals surface area (Å²) in [6, 6.07) is 0. The predicted octanol–water partition coefficient (Wildman–Crippen LogP) is 1.41. The van der Waals surface area contributed by atoms with Gasteiger partial charge in [0.2, 0.25) is 0 Å². The lowest BCUT2D eigenvalue weighted by molar-refractivity contribution is -0.146. The van der Waals surface area contributed by atoms with Crippen molar-refractivity contribution in [3.05, 3.63) is 6.42 Å². The number of carbonyl (C=O) groups is 1. The highest BCUT2D eigenvalue weighted by atomic mass is 16.5. The molecule has 1 radical (unpaired) electrons. The Kier molecular flexibility index (Phi) is 4.10. The summed E-state index contributed by atoms with van der Waals surface area (Å²) in [6.07, 6.45) is 1.82. The van der Waals surface area contributed by atoms with Crippen LogP contribution in [0.2, 0.25) is 0 Å². The molecule has 0 unspecified atom stereocenters. The maximum absolute atomic E-state index is 10.7. The molecule has 1 atom stereocenters. The van der Waals surface area contributed by atoms with E-state index in [2.05, 4.69) is 0 Å². The molecule has 0 aliphatic carbocycles. The number of rotatable bonds is 3. The zero-order valence-electron chi connectivity index (χ0n) is 6.18. The Bertz CT molecular complexity index is 88.9. The van der Waals surface area contributed by atoms with E-state index in [9.17, 15) is 4.79 Å². The lowest BCUT2D eigenvalue weighted by atomic mass is 10.1. The molecule has 2 heteroatoms. The normalized spacial score (nSPS) is 12.8. The third kappa shape index (κ3) is 3.12. The van der Waals surface area contributed by atoms with Gasteiger partial charge in [0.15, 0.2) is 0 Å². The van der Waals surface area contributed by atoms with Gasteiger partial charge in [0.25, 0.3) is 0 Å². The summed E-state index contributed by atoms with van der Waals surface area (Å²) in [5, 5.41) is 0. The average molecular weight is 129 g/mol. The second-order valence-corrected chi connectivity index (χ2v) is 1.87. The van der Waals surface area contributed by atoms with Crippen LogP contribution in [0.15, 0.2) is 0 Å². The van der Waals surface area contributed by atoms with Crippen LogP contribution in [0.25, 0.3) is 0 Å². The fraction of sp³-hybridized carbons (Fsp3) is 0.714. The molecule has 0 amide bonds. The first-order chi connectivity index (χ1) is 4.22. The van der Waals surface area contributed by atoms with Crippen molar-refractivity contribution in [2.24, 2.45) is 5.92 Å². The van der Waals surface area contributed by atoms with Crippen molar-refractivity contribution in [3.63, 3.8) is 0 Å². The number of ether oxygens (including phenoxy) is 1. The third-order valence-electron chi connectivity index (χ3n) is 1.16. The van der Waals surface area contributed by atoms with Crippen LogP contribution >= 0.6 is 0 Å². The Morgan fingerprint density at radius 1 is 1.78 bits per heavy atom. The highest BCUT2D eigenvalue weighted by Crippen LogP contribution is 2.00. The molecular formula is C7H13O2. The van der Waals surface area contributed by atoms with E-state index in [1.165, 1.54) is 0 Å². The summed E-state index contributed by atoms with van der Waals surface area (Å²) < 4.78 is 4.72. The van der Waals surface area contributed by atoms with Crippen molar-refractivity contribution in [1.82, 2.24) is 0 Å². The second kappa shape index (κ2) is 4.36. The molecular weight excluding hydrogens is 116 g/mol. The van der Waals surface area contributed by atoms with Gasteiger partial charge >= 0.3 is 5.97 Å². The molecule has 0 saturated carbocycles. The Morgan fingerprint density at radius 2 is 2.33 bits per heavy atom. The molecule has 2 nitrogen and oxygen atoms in total. The van der Waals surface area contributed by atoms with E-state index in [1.54, 1.807) is 6.92 Å². The van der Waals surface area contributed by atoms with Gasteiger partial charge in [0.05, 0.1) is 12.5 Å². The number of carbonyl (C=O) groups excluding carboxylic acids is 1. The molecule has 0 aliphatic rings. The molecule has 0 fully saturated rings. The minimum absolute atomic E-state index is 0.0649. The molecule has 0 rings (SSSR count). The van der Waals surface area contributed by atoms with Crippen molar-refractivity contribution in [1.29, 1.82) is 0 Å². The zero-order chi connectivity index (χ0) is 7.28. The summed E-state index contributed by atoms with van der Waals surface area (Å²) >= 11 is 0. The largest absolute Gasteiger partial charge is 0.466 e. The van der Waals surface area contributed by atoms with E-state index in [0.717, 1.165) is 0 Å². The average Bonchev–Trinajstić information content (AvgIpc) is 1.87. The lowest BCUT2D eigenvalue weighted by Gasteiger charge is -2.05. The topological polar surface area (TPSA) is 26.3 Å². The highest BCUT2D eigenvalue weighted by Gasteiger charge is 2.09. The summed E-state index contributed by atoms with van der Waals surface area (Å²) in [5.74, 6) is -0.204. The standard InChI is InChI=1S/C7H13O2/c1-4-6(3)7(8)9-5-2/h4,6H,5H2,1-3H3/t6-/m0/s1. The van der Waals surface area contributed by atoms with E-state index in [1.807, 2.05) is 20.3 Å². The molecule has 0 spiro atoms. The molecule has 0 heterocycles. The molecule has 0 saturated heterocycles. The first-order valence-electron chi connectivity index (χ1n) is 3.18. The van der Waals surface area contributed by atoms with Gasteiger partial charge in [0.1, 0.15) is 0 Å².